The lowest BCUT2D eigenvalue weighted by Crippen LogP contribution is -2.35. The Bertz CT molecular complexity index is 438. The lowest BCUT2D eigenvalue weighted by Gasteiger charge is -2.31. The summed E-state index contributed by atoms with van der Waals surface area (Å²) in [4.78, 5) is 19.1. The number of nitrogens with zero attached hydrogens (tertiary/aromatic N) is 2. The molecule has 6 nitrogen and oxygen atoms in total. The standard InChI is InChI=1S/C12H18N4O2/c1-7-2-3-8(4-10(7)17)16-12-9(11(13)18)5-14-6-15-12/h5-8,10,17H,2-4H2,1H3,(H2,13,18)(H,14,15,16)/t7-,8-,10-/m1/s1. The predicted octanol–water partition coefficient (Wildman–Crippen LogP) is 0.537. The Kier molecular flexibility index (Phi) is 3.76. The first kappa shape index (κ1) is 12.8. The number of aliphatic hydroxyl groups excluding tert-OH is 1. The van der Waals surface area contributed by atoms with Gasteiger partial charge in [0.1, 0.15) is 12.1 Å². The fourth-order valence-corrected chi connectivity index (χ4v) is 2.25. The molecule has 2 rings (SSSR count). The molecule has 0 bridgehead atoms. The number of nitrogens with one attached hydrogen (secondary N) is 1. The predicted molar refractivity (Wildman–Crippen MR) is 67.0 cm³/mol. The Morgan fingerprint density at radius 2 is 2.33 bits per heavy atom. The highest BCUT2D eigenvalue weighted by Gasteiger charge is 2.26. The minimum atomic E-state index is -0.553. The molecule has 1 saturated carbocycles. The SMILES string of the molecule is C[C@@H]1CC[C@@H](Nc2ncncc2C(N)=O)C[C@H]1O. The topological polar surface area (TPSA) is 101 Å². The molecule has 0 aromatic carbocycles. The van der Waals surface area contributed by atoms with Crippen LogP contribution in [0, 0.1) is 5.92 Å². The van der Waals surface area contributed by atoms with Crippen molar-refractivity contribution in [3.63, 3.8) is 0 Å². The number of nitrogens with two attached hydrogens (primary N) is 1. The van der Waals surface area contributed by atoms with E-state index in [0.29, 0.717) is 18.2 Å². The van der Waals surface area contributed by atoms with Crippen molar-refractivity contribution in [2.45, 2.75) is 38.3 Å². The second kappa shape index (κ2) is 5.30. The molecule has 98 valence electrons. The number of primary amides is 1. The van der Waals surface area contributed by atoms with Gasteiger partial charge in [0.15, 0.2) is 0 Å². The van der Waals surface area contributed by atoms with Gasteiger partial charge in [-0.25, -0.2) is 9.97 Å². The molecule has 1 heterocycles. The summed E-state index contributed by atoms with van der Waals surface area (Å²) >= 11 is 0. The number of aliphatic hydroxyl groups is 1. The van der Waals surface area contributed by atoms with E-state index in [1.54, 1.807) is 0 Å². The maximum absolute atomic E-state index is 11.2. The lowest BCUT2D eigenvalue weighted by atomic mass is 9.85. The molecule has 4 N–H and O–H groups in total. The number of aromatic nitrogens is 2. The van der Waals surface area contributed by atoms with Crippen LogP contribution in [0.25, 0.3) is 0 Å². The fourth-order valence-electron chi connectivity index (χ4n) is 2.25. The van der Waals surface area contributed by atoms with Crippen LogP contribution in [0.2, 0.25) is 0 Å². The van der Waals surface area contributed by atoms with Crippen molar-refractivity contribution in [2.24, 2.45) is 11.7 Å². The van der Waals surface area contributed by atoms with Crippen LogP contribution >= 0.6 is 0 Å². The highest BCUT2D eigenvalue weighted by molar-refractivity contribution is 5.97. The van der Waals surface area contributed by atoms with Gasteiger partial charge in [0.05, 0.1) is 11.7 Å². The van der Waals surface area contributed by atoms with Crippen molar-refractivity contribution in [1.82, 2.24) is 9.97 Å². The van der Waals surface area contributed by atoms with E-state index in [1.165, 1.54) is 12.5 Å². The number of rotatable bonds is 3. The summed E-state index contributed by atoms with van der Waals surface area (Å²) in [6, 6.07) is 0.115. The summed E-state index contributed by atoms with van der Waals surface area (Å²) in [5.41, 5.74) is 5.54. The van der Waals surface area contributed by atoms with Gasteiger partial charge in [-0.15, -0.1) is 0 Å². The van der Waals surface area contributed by atoms with Crippen molar-refractivity contribution in [3.05, 3.63) is 18.1 Å². The zero-order chi connectivity index (χ0) is 13.1. The van der Waals surface area contributed by atoms with Gasteiger partial charge in [-0.3, -0.25) is 4.79 Å². The molecule has 1 aromatic rings. The van der Waals surface area contributed by atoms with Crippen LogP contribution in [0.5, 0.6) is 0 Å². The zero-order valence-corrected chi connectivity index (χ0v) is 10.3. The number of amides is 1. The van der Waals surface area contributed by atoms with Crippen molar-refractivity contribution in [2.75, 3.05) is 5.32 Å². The van der Waals surface area contributed by atoms with Crippen molar-refractivity contribution in [3.8, 4) is 0 Å². The number of anilines is 1. The van der Waals surface area contributed by atoms with Crippen molar-refractivity contribution >= 4 is 11.7 Å². The summed E-state index contributed by atoms with van der Waals surface area (Å²) in [7, 11) is 0. The molecule has 1 fully saturated rings. The normalized spacial score (nSPS) is 27.8. The first-order valence-corrected chi connectivity index (χ1v) is 6.12. The largest absolute Gasteiger partial charge is 0.393 e. The summed E-state index contributed by atoms with van der Waals surface area (Å²) in [5, 5.41) is 13.0. The van der Waals surface area contributed by atoms with Crippen LogP contribution in [0.1, 0.15) is 36.5 Å². The first-order valence-electron chi connectivity index (χ1n) is 6.12. The number of carbonyl (C=O) groups excluding carboxylic acids is 1. The van der Waals surface area contributed by atoms with E-state index in [4.69, 9.17) is 5.73 Å². The molecular formula is C12H18N4O2. The van der Waals surface area contributed by atoms with Gasteiger partial charge < -0.3 is 16.2 Å². The third-order valence-corrected chi connectivity index (χ3v) is 3.47. The molecule has 1 aliphatic rings. The summed E-state index contributed by atoms with van der Waals surface area (Å²) in [5.74, 6) is 0.219. The van der Waals surface area contributed by atoms with Crippen LogP contribution in [0.3, 0.4) is 0 Å². The van der Waals surface area contributed by atoms with Gasteiger partial charge in [0.2, 0.25) is 0 Å². The molecule has 0 saturated heterocycles. The van der Waals surface area contributed by atoms with E-state index in [1.807, 2.05) is 6.92 Å². The molecule has 18 heavy (non-hydrogen) atoms. The molecule has 0 radical (unpaired) electrons. The van der Waals surface area contributed by atoms with E-state index in [-0.39, 0.29) is 17.7 Å². The van der Waals surface area contributed by atoms with Gasteiger partial charge >= 0.3 is 0 Å². The Morgan fingerprint density at radius 3 is 3.00 bits per heavy atom. The summed E-state index contributed by atoms with van der Waals surface area (Å²) in [6.07, 6.45) is 5.02. The van der Waals surface area contributed by atoms with Crippen LogP contribution in [0.4, 0.5) is 5.82 Å². The second-order valence-corrected chi connectivity index (χ2v) is 4.85. The molecular weight excluding hydrogens is 232 g/mol. The van der Waals surface area contributed by atoms with Gasteiger partial charge in [-0.2, -0.15) is 0 Å². The second-order valence-electron chi connectivity index (χ2n) is 4.85. The van der Waals surface area contributed by atoms with Gasteiger partial charge in [-0.1, -0.05) is 6.92 Å². The average Bonchev–Trinajstić information content (AvgIpc) is 2.34. The number of hydrogen-bond donors (Lipinski definition) is 3. The highest BCUT2D eigenvalue weighted by Crippen LogP contribution is 2.26. The zero-order valence-electron chi connectivity index (χ0n) is 10.3. The highest BCUT2D eigenvalue weighted by atomic mass is 16.3. The van der Waals surface area contributed by atoms with Crippen LogP contribution in [0.15, 0.2) is 12.5 Å². The lowest BCUT2D eigenvalue weighted by molar-refractivity contribution is 0.0739. The Hall–Kier alpha value is -1.69. The Balaban J connectivity index is 2.08. The number of hydrogen-bond acceptors (Lipinski definition) is 5. The first-order chi connectivity index (χ1) is 8.58. The quantitative estimate of drug-likeness (QED) is 0.726. The Morgan fingerprint density at radius 1 is 1.56 bits per heavy atom. The van der Waals surface area contributed by atoms with Gasteiger partial charge in [0, 0.05) is 12.2 Å². The fraction of sp³-hybridized carbons (Fsp3) is 0.583. The molecule has 1 amide bonds. The third kappa shape index (κ3) is 2.76. The maximum Gasteiger partial charge on any atom is 0.254 e. The van der Waals surface area contributed by atoms with Gasteiger partial charge in [-0.05, 0) is 25.2 Å². The molecule has 6 heteroatoms. The molecule has 1 aromatic heterocycles. The van der Waals surface area contributed by atoms with E-state index >= 15 is 0 Å². The molecule has 0 unspecified atom stereocenters. The van der Waals surface area contributed by atoms with Crippen molar-refractivity contribution in [1.29, 1.82) is 0 Å². The maximum atomic E-state index is 11.2. The van der Waals surface area contributed by atoms with E-state index < -0.39 is 5.91 Å². The van der Waals surface area contributed by atoms with Crippen LogP contribution in [-0.4, -0.2) is 33.1 Å². The minimum absolute atomic E-state index is 0.115. The summed E-state index contributed by atoms with van der Waals surface area (Å²) < 4.78 is 0. The van der Waals surface area contributed by atoms with E-state index in [0.717, 1.165) is 12.8 Å². The third-order valence-electron chi connectivity index (χ3n) is 3.47. The molecule has 0 spiro atoms. The van der Waals surface area contributed by atoms with Crippen LogP contribution in [-0.2, 0) is 0 Å². The Labute approximate surface area is 106 Å². The smallest absolute Gasteiger partial charge is 0.254 e. The summed E-state index contributed by atoms with van der Waals surface area (Å²) in [6.45, 7) is 2.04. The molecule has 1 aliphatic carbocycles. The average molecular weight is 250 g/mol. The molecule has 0 aliphatic heterocycles. The van der Waals surface area contributed by atoms with E-state index in [2.05, 4.69) is 15.3 Å². The molecule has 3 atom stereocenters. The van der Waals surface area contributed by atoms with E-state index in [9.17, 15) is 9.90 Å². The number of carbonyl (C=O) groups is 1. The van der Waals surface area contributed by atoms with Crippen molar-refractivity contribution < 1.29 is 9.90 Å². The minimum Gasteiger partial charge on any atom is -0.393 e. The monoisotopic (exact) mass is 250 g/mol. The van der Waals surface area contributed by atoms with Crippen LogP contribution < -0.4 is 11.1 Å². The van der Waals surface area contributed by atoms with Gasteiger partial charge in [0.25, 0.3) is 5.91 Å².